The van der Waals surface area contributed by atoms with Crippen LogP contribution in [0.5, 0.6) is 0 Å². The molecule has 0 fully saturated rings. The third-order valence-electron chi connectivity index (χ3n) is 1.68. The van der Waals surface area contributed by atoms with Crippen LogP contribution in [0.1, 0.15) is 19.8 Å². The number of halogens is 3. The normalized spacial score (nSPS) is 15.3. The van der Waals surface area contributed by atoms with Gasteiger partial charge in [0.25, 0.3) is 0 Å². The Balaban J connectivity index is 4.09. The lowest BCUT2D eigenvalue weighted by Crippen LogP contribution is -2.47. The number of hydrogen-bond acceptors (Lipinski definition) is 3. The van der Waals surface area contributed by atoms with Gasteiger partial charge >= 0.3 is 6.18 Å². The van der Waals surface area contributed by atoms with Gasteiger partial charge in [0.2, 0.25) is 11.8 Å². The Morgan fingerprint density at radius 3 is 2.25 bits per heavy atom. The smallest absolute Gasteiger partial charge is 0.370 e. The van der Waals surface area contributed by atoms with Crippen molar-refractivity contribution in [2.24, 2.45) is 11.5 Å². The summed E-state index contributed by atoms with van der Waals surface area (Å²) in [6.07, 6.45) is -5.91. The molecule has 0 saturated heterocycles. The van der Waals surface area contributed by atoms with Crippen molar-refractivity contribution in [1.29, 1.82) is 0 Å². The second kappa shape index (κ2) is 5.69. The Bertz CT molecular complexity index is 268. The molecule has 5 nitrogen and oxygen atoms in total. The second-order valence-electron chi connectivity index (χ2n) is 3.51. The van der Waals surface area contributed by atoms with Gasteiger partial charge in [0.05, 0.1) is 18.9 Å². The molecule has 2 amide bonds. The van der Waals surface area contributed by atoms with Gasteiger partial charge in [0.1, 0.15) is 0 Å². The highest BCUT2D eigenvalue weighted by atomic mass is 19.4. The molecule has 8 heteroatoms. The minimum atomic E-state index is -4.36. The molecule has 0 aliphatic heterocycles. The van der Waals surface area contributed by atoms with Crippen LogP contribution in [0.15, 0.2) is 0 Å². The Hall–Kier alpha value is -1.31. The Kier molecular flexibility index (Phi) is 5.22. The van der Waals surface area contributed by atoms with E-state index in [0.717, 1.165) is 0 Å². The molecule has 0 heterocycles. The maximum absolute atomic E-state index is 11.9. The monoisotopic (exact) mass is 241 g/mol. The molecule has 2 atom stereocenters. The lowest BCUT2D eigenvalue weighted by molar-refractivity contribution is -0.142. The summed E-state index contributed by atoms with van der Waals surface area (Å²) in [7, 11) is 0. The van der Waals surface area contributed by atoms with Crippen LogP contribution in [0.4, 0.5) is 13.2 Å². The van der Waals surface area contributed by atoms with Crippen molar-refractivity contribution in [2.45, 2.75) is 38.0 Å². The van der Waals surface area contributed by atoms with E-state index in [1.807, 2.05) is 5.32 Å². The highest BCUT2D eigenvalue weighted by molar-refractivity contribution is 5.87. The Morgan fingerprint density at radius 2 is 1.88 bits per heavy atom. The number of hydrogen-bond donors (Lipinski definition) is 3. The molecule has 0 aliphatic rings. The Morgan fingerprint density at radius 1 is 1.38 bits per heavy atom. The van der Waals surface area contributed by atoms with E-state index in [9.17, 15) is 22.8 Å². The SMILES string of the molecule is CC(CC(F)(F)F)NC(=O)C(N)CC(N)=O. The van der Waals surface area contributed by atoms with E-state index in [2.05, 4.69) is 0 Å². The van der Waals surface area contributed by atoms with Crippen molar-refractivity contribution in [3.8, 4) is 0 Å². The van der Waals surface area contributed by atoms with Gasteiger partial charge < -0.3 is 16.8 Å². The van der Waals surface area contributed by atoms with E-state index in [1.54, 1.807) is 0 Å². The predicted octanol–water partition coefficient (Wildman–Crippen LogP) is -0.354. The molecule has 16 heavy (non-hydrogen) atoms. The molecular formula is C8H14F3N3O2. The third-order valence-corrected chi connectivity index (χ3v) is 1.68. The van der Waals surface area contributed by atoms with Crippen molar-refractivity contribution >= 4 is 11.8 Å². The maximum Gasteiger partial charge on any atom is 0.391 e. The van der Waals surface area contributed by atoms with Crippen LogP contribution in [-0.2, 0) is 9.59 Å². The number of carbonyl (C=O) groups is 2. The second-order valence-corrected chi connectivity index (χ2v) is 3.51. The highest BCUT2D eigenvalue weighted by Crippen LogP contribution is 2.21. The molecule has 0 rings (SSSR count). The summed E-state index contributed by atoms with van der Waals surface area (Å²) in [4.78, 5) is 21.6. The van der Waals surface area contributed by atoms with Crippen molar-refractivity contribution in [3.63, 3.8) is 0 Å². The number of nitrogens with one attached hydrogen (secondary N) is 1. The van der Waals surface area contributed by atoms with Gasteiger partial charge in [0, 0.05) is 6.04 Å². The number of nitrogens with two attached hydrogens (primary N) is 2. The van der Waals surface area contributed by atoms with Crippen LogP contribution in [0, 0.1) is 0 Å². The van der Waals surface area contributed by atoms with Crippen molar-refractivity contribution in [2.75, 3.05) is 0 Å². The first-order valence-electron chi connectivity index (χ1n) is 4.53. The lowest BCUT2D eigenvalue weighted by Gasteiger charge is -2.18. The zero-order valence-corrected chi connectivity index (χ0v) is 8.67. The van der Waals surface area contributed by atoms with Gasteiger partial charge in [-0.1, -0.05) is 0 Å². The van der Waals surface area contributed by atoms with E-state index in [0.29, 0.717) is 0 Å². The summed E-state index contributed by atoms with van der Waals surface area (Å²) in [5.41, 5.74) is 10.0. The molecule has 0 spiro atoms. The molecule has 5 N–H and O–H groups in total. The average Bonchev–Trinajstić information content (AvgIpc) is 1.98. The fourth-order valence-corrected chi connectivity index (χ4v) is 1.06. The predicted molar refractivity (Wildman–Crippen MR) is 50.1 cm³/mol. The molecule has 0 radical (unpaired) electrons. The summed E-state index contributed by atoms with van der Waals surface area (Å²) < 4.78 is 35.7. The lowest BCUT2D eigenvalue weighted by atomic mass is 10.1. The molecule has 0 aromatic rings. The first-order chi connectivity index (χ1) is 7.11. The number of rotatable bonds is 5. The minimum Gasteiger partial charge on any atom is -0.370 e. The van der Waals surface area contributed by atoms with E-state index in [4.69, 9.17) is 11.5 Å². The standard InChI is InChI=1S/C8H14F3N3O2/c1-4(3-8(9,10)11)14-7(16)5(12)2-6(13)15/h4-5H,2-3,12H2,1H3,(H2,13,15)(H,14,16). The molecule has 0 saturated carbocycles. The number of primary amides is 1. The summed E-state index contributed by atoms with van der Waals surface area (Å²) in [5.74, 6) is -1.61. The third kappa shape index (κ3) is 7.04. The minimum absolute atomic E-state index is 0.398. The van der Waals surface area contributed by atoms with Gasteiger partial charge in [-0.2, -0.15) is 13.2 Å². The average molecular weight is 241 g/mol. The highest BCUT2D eigenvalue weighted by Gasteiger charge is 2.31. The molecule has 0 bridgehead atoms. The molecule has 94 valence electrons. The molecule has 0 aromatic carbocycles. The van der Waals surface area contributed by atoms with Crippen LogP contribution < -0.4 is 16.8 Å². The maximum atomic E-state index is 11.9. The van der Waals surface area contributed by atoms with Gasteiger partial charge in [-0.05, 0) is 6.92 Å². The Labute approximate surface area is 90.3 Å². The van der Waals surface area contributed by atoms with Crippen molar-refractivity contribution in [3.05, 3.63) is 0 Å². The van der Waals surface area contributed by atoms with E-state index in [-0.39, 0.29) is 0 Å². The zero-order chi connectivity index (χ0) is 12.9. The number of amides is 2. The van der Waals surface area contributed by atoms with Crippen LogP contribution in [0.25, 0.3) is 0 Å². The van der Waals surface area contributed by atoms with Crippen LogP contribution in [-0.4, -0.2) is 30.1 Å². The fraction of sp³-hybridized carbons (Fsp3) is 0.750. The summed E-state index contributed by atoms with van der Waals surface area (Å²) in [6.45, 7) is 1.20. The first-order valence-corrected chi connectivity index (χ1v) is 4.53. The zero-order valence-electron chi connectivity index (χ0n) is 8.67. The van der Waals surface area contributed by atoms with Gasteiger partial charge in [-0.15, -0.1) is 0 Å². The number of alkyl halides is 3. The van der Waals surface area contributed by atoms with Gasteiger partial charge in [-0.25, -0.2) is 0 Å². The number of carbonyl (C=O) groups excluding carboxylic acids is 2. The van der Waals surface area contributed by atoms with Crippen LogP contribution in [0.3, 0.4) is 0 Å². The largest absolute Gasteiger partial charge is 0.391 e. The van der Waals surface area contributed by atoms with E-state index in [1.165, 1.54) is 6.92 Å². The quantitative estimate of drug-likeness (QED) is 0.613. The summed E-state index contributed by atoms with van der Waals surface area (Å²) in [5, 5.41) is 2.05. The van der Waals surface area contributed by atoms with E-state index >= 15 is 0 Å². The first kappa shape index (κ1) is 14.7. The molecule has 0 aliphatic carbocycles. The topological polar surface area (TPSA) is 98.2 Å². The van der Waals surface area contributed by atoms with Crippen LogP contribution >= 0.6 is 0 Å². The van der Waals surface area contributed by atoms with Crippen LogP contribution in [0.2, 0.25) is 0 Å². The van der Waals surface area contributed by atoms with Crippen molar-refractivity contribution in [1.82, 2.24) is 5.32 Å². The fourth-order valence-electron chi connectivity index (χ4n) is 1.06. The summed E-state index contributed by atoms with van der Waals surface area (Å²) in [6, 6.07) is -2.31. The molecule has 0 aromatic heterocycles. The van der Waals surface area contributed by atoms with Gasteiger partial charge in [-0.3, -0.25) is 9.59 Å². The van der Waals surface area contributed by atoms with Crippen molar-refractivity contribution < 1.29 is 22.8 Å². The summed E-state index contributed by atoms with van der Waals surface area (Å²) >= 11 is 0. The van der Waals surface area contributed by atoms with E-state index < -0.39 is 42.9 Å². The molecular weight excluding hydrogens is 227 g/mol. The van der Waals surface area contributed by atoms with Gasteiger partial charge in [0.15, 0.2) is 0 Å². The molecule has 2 unspecified atom stereocenters.